The lowest BCUT2D eigenvalue weighted by Crippen LogP contribution is -2.49. The first-order valence-electron chi connectivity index (χ1n) is 9.24. The second-order valence-corrected chi connectivity index (χ2v) is 6.83. The van der Waals surface area contributed by atoms with Gasteiger partial charge in [-0.15, -0.1) is 0 Å². The predicted molar refractivity (Wildman–Crippen MR) is 99.0 cm³/mol. The number of hydrogen-bond donors (Lipinski definition) is 1. The molecule has 1 saturated heterocycles. The van der Waals surface area contributed by atoms with Crippen molar-refractivity contribution in [3.05, 3.63) is 53.6 Å². The monoisotopic (exact) mass is 340 g/mol. The van der Waals surface area contributed by atoms with Crippen molar-refractivity contribution in [1.82, 2.24) is 19.8 Å². The number of unbranched alkanes of at least 4 members (excludes halogenated alkanes) is 1. The van der Waals surface area contributed by atoms with Gasteiger partial charge in [0.1, 0.15) is 5.82 Å². The number of benzene rings is 1. The van der Waals surface area contributed by atoms with E-state index in [1.54, 1.807) is 6.92 Å². The van der Waals surface area contributed by atoms with E-state index >= 15 is 0 Å². The first-order valence-corrected chi connectivity index (χ1v) is 9.24. The molecule has 0 radical (unpaired) electrons. The summed E-state index contributed by atoms with van der Waals surface area (Å²) in [5, 5.41) is 0. The molecule has 1 aliphatic heterocycles. The number of nitrogens with one attached hydrogen (secondary N) is 1. The topological polar surface area (TPSA) is 52.2 Å². The maximum absolute atomic E-state index is 12.0. The average molecular weight is 340 g/mol. The van der Waals surface area contributed by atoms with Gasteiger partial charge in [0.25, 0.3) is 0 Å². The smallest absolute Gasteiger partial charge is 0.220 e. The maximum Gasteiger partial charge on any atom is 0.220 e. The van der Waals surface area contributed by atoms with Gasteiger partial charge in [0.05, 0.1) is 6.04 Å². The normalized spacial score (nSPS) is 18.5. The SMILES string of the molecule is CCCCc1ncc(CN2CCN(C(C)=O)C(c3ccccc3)C2)[nH]1. The van der Waals surface area contributed by atoms with Crippen molar-refractivity contribution >= 4 is 5.91 Å². The van der Waals surface area contributed by atoms with Crippen molar-refractivity contribution in [2.24, 2.45) is 0 Å². The van der Waals surface area contributed by atoms with Crippen molar-refractivity contribution in [2.75, 3.05) is 19.6 Å². The van der Waals surface area contributed by atoms with Gasteiger partial charge in [0, 0.05) is 51.4 Å². The van der Waals surface area contributed by atoms with Crippen LogP contribution >= 0.6 is 0 Å². The molecule has 1 fully saturated rings. The molecule has 1 amide bonds. The summed E-state index contributed by atoms with van der Waals surface area (Å²) in [4.78, 5) is 24.4. The molecule has 2 aromatic rings. The molecular weight excluding hydrogens is 312 g/mol. The lowest BCUT2D eigenvalue weighted by Gasteiger charge is -2.41. The van der Waals surface area contributed by atoms with Crippen molar-refractivity contribution in [3.8, 4) is 0 Å². The number of carbonyl (C=O) groups is 1. The number of aromatic amines is 1. The summed E-state index contributed by atoms with van der Waals surface area (Å²) in [6.07, 6.45) is 5.32. The van der Waals surface area contributed by atoms with Crippen LogP contribution in [0, 0.1) is 0 Å². The Morgan fingerprint density at radius 3 is 2.80 bits per heavy atom. The van der Waals surface area contributed by atoms with E-state index in [0.717, 1.165) is 44.1 Å². The molecule has 1 aliphatic rings. The van der Waals surface area contributed by atoms with Crippen molar-refractivity contribution in [3.63, 3.8) is 0 Å². The van der Waals surface area contributed by atoms with Gasteiger partial charge >= 0.3 is 0 Å². The zero-order valence-corrected chi connectivity index (χ0v) is 15.2. The summed E-state index contributed by atoms with van der Waals surface area (Å²) in [6, 6.07) is 10.5. The van der Waals surface area contributed by atoms with E-state index in [1.165, 1.54) is 18.4 Å². The van der Waals surface area contributed by atoms with Gasteiger partial charge in [-0.3, -0.25) is 9.69 Å². The highest BCUT2D eigenvalue weighted by Crippen LogP contribution is 2.26. The van der Waals surface area contributed by atoms with Crippen LogP contribution in [0.15, 0.2) is 36.5 Å². The zero-order chi connectivity index (χ0) is 17.6. The Hall–Kier alpha value is -2.14. The Kier molecular flexibility index (Phi) is 5.87. The van der Waals surface area contributed by atoms with Crippen LogP contribution in [0.3, 0.4) is 0 Å². The Labute approximate surface area is 150 Å². The largest absolute Gasteiger partial charge is 0.345 e. The van der Waals surface area contributed by atoms with Gasteiger partial charge < -0.3 is 9.88 Å². The molecule has 0 aliphatic carbocycles. The number of amides is 1. The van der Waals surface area contributed by atoms with Gasteiger partial charge in [-0.05, 0) is 12.0 Å². The summed E-state index contributed by atoms with van der Waals surface area (Å²) in [7, 11) is 0. The van der Waals surface area contributed by atoms with Crippen LogP contribution in [0.1, 0.15) is 49.8 Å². The summed E-state index contributed by atoms with van der Waals surface area (Å²) < 4.78 is 0. The summed E-state index contributed by atoms with van der Waals surface area (Å²) in [5.41, 5.74) is 2.37. The van der Waals surface area contributed by atoms with Crippen LogP contribution in [0.4, 0.5) is 0 Å². The molecule has 2 heterocycles. The van der Waals surface area contributed by atoms with E-state index in [-0.39, 0.29) is 11.9 Å². The summed E-state index contributed by atoms with van der Waals surface area (Å²) in [5.74, 6) is 1.23. The third kappa shape index (κ3) is 4.48. The van der Waals surface area contributed by atoms with Crippen LogP contribution in [-0.2, 0) is 17.8 Å². The first-order chi connectivity index (χ1) is 12.2. The molecule has 1 aromatic carbocycles. The van der Waals surface area contributed by atoms with E-state index < -0.39 is 0 Å². The number of aromatic nitrogens is 2. The number of aryl methyl sites for hydroxylation is 1. The highest BCUT2D eigenvalue weighted by molar-refractivity contribution is 5.74. The van der Waals surface area contributed by atoms with Gasteiger partial charge in [0.15, 0.2) is 0 Å². The number of H-pyrrole nitrogens is 1. The molecule has 25 heavy (non-hydrogen) atoms. The fourth-order valence-corrected chi connectivity index (χ4v) is 3.52. The Balaban J connectivity index is 1.67. The van der Waals surface area contributed by atoms with Crippen LogP contribution in [-0.4, -0.2) is 45.3 Å². The van der Waals surface area contributed by atoms with Crippen molar-refractivity contribution < 1.29 is 4.79 Å². The zero-order valence-electron chi connectivity index (χ0n) is 15.2. The molecule has 0 bridgehead atoms. The Morgan fingerprint density at radius 1 is 1.28 bits per heavy atom. The number of nitrogens with zero attached hydrogens (tertiary/aromatic N) is 3. The minimum Gasteiger partial charge on any atom is -0.345 e. The number of rotatable bonds is 6. The van der Waals surface area contributed by atoms with E-state index in [4.69, 9.17) is 0 Å². The Morgan fingerprint density at radius 2 is 2.08 bits per heavy atom. The molecule has 0 saturated carbocycles. The molecule has 5 heteroatoms. The molecule has 1 aromatic heterocycles. The quantitative estimate of drug-likeness (QED) is 0.879. The lowest BCUT2D eigenvalue weighted by atomic mass is 10.0. The van der Waals surface area contributed by atoms with Gasteiger partial charge in [0.2, 0.25) is 5.91 Å². The van der Waals surface area contributed by atoms with Crippen molar-refractivity contribution in [2.45, 2.75) is 45.7 Å². The number of piperazine rings is 1. The van der Waals surface area contributed by atoms with Crippen molar-refractivity contribution in [1.29, 1.82) is 0 Å². The van der Waals surface area contributed by atoms with Crippen LogP contribution < -0.4 is 0 Å². The third-order valence-electron chi connectivity index (χ3n) is 4.90. The highest BCUT2D eigenvalue weighted by Gasteiger charge is 2.29. The number of carbonyl (C=O) groups excluding carboxylic acids is 1. The molecular formula is C20H28N4O. The fourth-order valence-electron chi connectivity index (χ4n) is 3.52. The molecule has 1 N–H and O–H groups in total. The molecule has 1 unspecified atom stereocenters. The van der Waals surface area contributed by atoms with Crippen LogP contribution in [0.5, 0.6) is 0 Å². The number of imidazole rings is 1. The minimum absolute atomic E-state index is 0.120. The number of hydrogen-bond acceptors (Lipinski definition) is 3. The molecule has 5 nitrogen and oxygen atoms in total. The Bertz CT molecular complexity index is 682. The standard InChI is InChI=1S/C20H28N4O/c1-3-4-10-20-21-13-18(22-20)14-23-11-12-24(16(2)25)19(15-23)17-8-6-5-7-9-17/h5-9,13,19H,3-4,10-12,14-15H2,1-2H3,(H,21,22). The van der Waals surface area contributed by atoms with Crippen LogP contribution in [0.2, 0.25) is 0 Å². The fraction of sp³-hybridized carbons (Fsp3) is 0.500. The maximum atomic E-state index is 12.0. The lowest BCUT2D eigenvalue weighted by molar-refractivity contribution is -0.134. The molecule has 3 rings (SSSR count). The average Bonchev–Trinajstić information content (AvgIpc) is 3.07. The first kappa shape index (κ1) is 17.7. The van der Waals surface area contributed by atoms with E-state index in [0.29, 0.717) is 0 Å². The molecule has 1 atom stereocenters. The molecule has 134 valence electrons. The minimum atomic E-state index is 0.120. The van der Waals surface area contributed by atoms with Crippen LogP contribution in [0.25, 0.3) is 0 Å². The highest BCUT2D eigenvalue weighted by atomic mass is 16.2. The summed E-state index contributed by atoms with van der Waals surface area (Å²) >= 11 is 0. The van der Waals surface area contributed by atoms with Gasteiger partial charge in [-0.1, -0.05) is 43.7 Å². The third-order valence-corrected chi connectivity index (χ3v) is 4.90. The second-order valence-electron chi connectivity index (χ2n) is 6.83. The van der Waals surface area contributed by atoms with Gasteiger partial charge in [-0.25, -0.2) is 4.98 Å². The van der Waals surface area contributed by atoms with Gasteiger partial charge in [-0.2, -0.15) is 0 Å². The van der Waals surface area contributed by atoms with E-state index in [1.807, 2.05) is 29.3 Å². The van der Waals surface area contributed by atoms with E-state index in [9.17, 15) is 4.79 Å². The molecule has 0 spiro atoms. The second kappa shape index (κ2) is 8.30. The predicted octanol–water partition coefficient (Wildman–Crippen LogP) is 3.16. The summed E-state index contributed by atoms with van der Waals surface area (Å²) in [6.45, 7) is 7.24. The van der Waals surface area contributed by atoms with E-state index in [2.05, 4.69) is 33.9 Å².